The summed E-state index contributed by atoms with van der Waals surface area (Å²) in [5.41, 5.74) is 9.84. The molecule has 2 N–H and O–H groups in total. The standard InChI is InChI=1S/C14H13N3/c1-17-13-5-3-2-4-10(13)7-14(17)11-6-12(15)9-16-8-11/h2-9H,15H2,1H3. The summed E-state index contributed by atoms with van der Waals surface area (Å²) in [5.74, 6) is 0. The van der Waals surface area contributed by atoms with Crippen LogP contribution in [-0.4, -0.2) is 9.55 Å². The van der Waals surface area contributed by atoms with Crippen LogP contribution < -0.4 is 5.73 Å². The number of aromatic nitrogens is 2. The van der Waals surface area contributed by atoms with Crippen molar-refractivity contribution in [1.82, 2.24) is 9.55 Å². The second-order valence-corrected chi connectivity index (χ2v) is 4.15. The lowest BCUT2D eigenvalue weighted by Gasteiger charge is -2.04. The highest BCUT2D eigenvalue weighted by Gasteiger charge is 2.07. The first-order valence-electron chi connectivity index (χ1n) is 5.51. The molecule has 1 aromatic carbocycles. The van der Waals surface area contributed by atoms with Crippen LogP contribution >= 0.6 is 0 Å². The van der Waals surface area contributed by atoms with Crippen molar-refractivity contribution in [3.05, 3.63) is 48.8 Å². The molecule has 0 saturated carbocycles. The van der Waals surface area contributed by atoms with Crippen molar-refractivity contribution in [2.45, 2.75) is 0 Å². The highest BCUT2D eigenvalue weighted by Crippen LogP contribution is 2.27. The van der Waals surface area contributed by atoms with Crippen molar-refractivity contribution in [3.8, 4) is 11.3 Å². The number of hydrogen-bond acceptors (Lipinski definition) is 2. The molecule has 0 unspecified atom stereocenters. The van der Waals surface area contributed by atoms with Gasteiger partial charge < -0.3 is 10.3 Å². The largest absolute Gasteiger partial charge is 0.397 e. The molecule has 84 valence electrons. The molecule has 0 fully saturated rings. The van der Waals surface area contributed by atoms with Gasteiger partial charge in [-0.3, -0.25) is 4.98 Å². The number of nitrogens with zero attached hydrogens (tertiary/aromatic N) is 2. The number of anilines is 1. The number of aryl methyl sites for hydroxylation is 1. The molecule has 0 radical (unpaired) electrons. The van der Waals surface area contributed by atoms with Gasteiger partial charge in [0.25, 0.3) is 0 Å². The summed E-state index contributed by atoms with van der Waals surface area (Å²) in [6.07, 6.45) is 3.50. The predicted molar refractivity (Wildman–Crippen MR) is 70.6 cm³/mol. The fourth-order valence-corrected chi connectivity index (χ4v) is 2.16. The quantitative estimate of drug-likeness (QED) is 0.689. The first-order chi connectivity index (χ1) is 8.25. The third kappa shape index (κ3) is 1.56. The fraction of sp³-hybridized carbons (Fsp3) is 0.0714. The van der Waals surface area contributed by atoms with E-state index in [0.717, 1.165) is 11.3 Å². The van der Waals surface area contributed by atoms with Gasteiger partial charge in [0.2, 0.25) is 0 Å². The monoisotopic (exact) mass is 223 g/mol. The average Bonchev–Trinajstić information content (AvgIpc) is 2.68. The molecular weight excluding hydrogens is 210 g/mol. The van der Waals surface area contributed by atoms with Gasteiger partial charge >= 0.3 is 0 Å². The summed E-state index contributed by atoms with van der Waals surface area (Å²) < 4.78 is 2.16. The summed E-state index contributed by atoms with van der Waals surface area (Å²) in [4.78, 5) is 4.13. The van der Waals surface area contributed by atoms with Gasteiger partial charge in [-0.15, -0.1) is 0 Å². The Hall–Kier alpha value is -2.29. The molecule has 0 saturated heterocycles. The van der Waals surface area contributed by atoms with E-state index in [1.807, 2.05) is 24.4 Å². The van der Waals surface area contributed by atoms with Crippen LogP contribution in [-0.2, 0) is 7.05 Å². The summed E-state index contributed by atoms with van der Waals surface area (Å²) in [6.45, 7) is 0. The van der Waals surface area contributed by atoms with Crippen LogP contribution in [0.5, 0.6) is 0 Å². The number of benzene rings is 1. The van der Waals surface area contributed by atoms with E-state index < -0.39 is 0 Å². The lowest BCUT2D eigenvalue weighted by Crippen LogP contribution is -1.93. The number of nitrogens with two attached hydrogens (primary N) is 1. The molecule has 0 aliphatic carbocycles. The Bertz CT molecular complexity index is 683. The zero-order valence-corrected chi connectivity index (χ0v) is 9.59. The van der Waals surface area contributed by atoms with E-state index >= 15 is 0 Å². The predicted octanol–water partition coefficient (Wildman–Crippen LogP) is 2.82. The zero-order valence-electron chi connectivity index (χ0n) is 9.59. The maximum absolute atomic E-state index is 5.77. The van der Waals surface area contributed by atoms with Gasteiger partial charge in [0.05, 0.1) is 11.4 Å². The minimum atomic E-state index is 0.688. The van der Waals surface area contributed by atoms with Gasteiger partial charge in [0.15, 0.2) is 0 Å². The average molecular weight is 223 g/mol. The van der Waals surface area contributed by atoms with Crippen molar-refractivity contribution in [1.29, 1.82) is 0 Å². The number of nitrogen functional groups attached to an aromatic ring is 1. The number of pyridine rings is 1. The molecule has 0 aliphatic rings. The van der Waals surface area contributed by atoms with E-state index in [0.29, 0.717) is 5.69 Å². The Labute approximate surface area is 99.5 Å². The van der Waals surface area contributed by atoms with E-state index in [1.165, 1.54) is 10.9 Å². The normalized spacial score (nSPS) is 10.9. The smallest absolute Gasteiger partial charge is 0.0507 e. The van der Waals surface area contributed by atoms with Crippen molar-refractivity contribution in [3.63, 3.8) is 0 Å². The van der Waals surface area contributed by atoms with Crippen LogP contribution in [0, 0.1) is 0 Å². The third-order valence-corrected chi connectivity index (χ3v) is 3.01. The minimum absolute atomic E-state index is 0.688. The highest BCUT2D eigenvalue weighted by molar-refractivity contribution is 5.87. The van der Waals surface area contributed by atoms with E-state index in [-0.39, 0.29) is 0 Å². The van der Waals surface area contributed by atoms with Gasteiger partial charge in [-0.1, -0.05) is 18.2 Å². The molecule has 2 heterocycles. The molecule has 17 heavy (non-hydrogen) atoms. The first kappa shape index (κ1) is 9.90. The Kier molecular flexibility index (Phi) is 2.11. The van der Waals surface area contributed by atoms with E-state index in [4.69, 9.17) is 5.73 Å². The van der Waals surface area contributed by atoms with E-state index in [9.17, 15) is 0 Å². The fourth-order valence-electron chi connectivity index (χ4n) is 2.16. The molecule has 0 amide bonds. The van der Waals surface area contributed by atoms with Crippen LogP contribution in [0.4, 0.5) is 5.69 Å². The van der Waals surface area contributed by atoms with Crippen molar-refractivity contribution in [2.24, 2.45) is 7.05 Å². The van der Waals surface area contributed by atoms with Gasteiger partial charge in [-0.2, -0.15) is 0 Å². The summed E-state index contributed by atoms with van der Waals surface area (Å²) in [6, 6.07) is 12.4. The van der Waals surface area contributed by atoms with Gasteiger partial charge in [-0.25, -0.2) is 0 Å². The van der Waals surface area contributed by atoms with Crippen LogP contribution in [0.2, 0.25) is 0 Å². The topological polar surface area (TPSA) is 43.8 Å². The molecule has 0 bridgehead atoms. The first-order valence-corrected chi connectivity index (χ1v) is 5.51. The van der Waals surface area contributed by atoms with Crippen LogP contribution in [0.15, 0.2) is 48.8 Å². The van der Waals surface area contributed by atoms with Gasteiger partial charge in [-0.05, 0) is 18.2 Å². The molecule has 0 aliphatic heterocycles. The second kappa shape index (κ2) is 3.63. The summed E-state index contributed by atoms with van der Waals surface area (Å²) >= 11 is 0. The summed E-state index contributed by atoms with van der Waals surface area (Å²) in [5, 5.41) is 1.23. The number of rotatable bonds is 1. The van der Waals surface area contributed by atoms with Crippen molar-refractivity contribution < 1.29 is 0 Å². The molecule has 3 rings (SSSR count). The van der Waals surface area contributed by atoms with Gasteiger partial charge in [0.1, 0.15) is 0 Å². The number of hydrogen-bond donors (Lipinski definition) is 1. The Balaban J connectivity index is 2.27. The summed E-state index contributed by atoms with van der Waals surface area (Å²) in [7, 11) is 2.06. The van der Waals surface area contributed by atoms with E-state index in [2.05, 4.69) is 34.8 Å². The lowest BCUT2D eigenvalue weighted by molar-refractivity contribution is 0.977. The molecule has 0 atom stereocenters. The van der Waals surface area contributed by atoms with Crippen molar-refractivity contribution in [2.75, 3.05) is 5.73 Å². The third-order valence-electron chi connectivity index (χ3n) is 3.01. The molecule has 0 spiro atoms. The lowest BCUT2D eigenvalue weighted by atomic mass is 10.2. The zero-order chi connectivity index (χ0) is 11.8. The van der Waals surface area contributed by atoms with E-state index in [1.54, 1.807) is 6.20 Å². The van der Waals surface area contributed by atoms with Gasteiger partial charge in [0, 0.05) is 35.9 Å². The molecule has 3 heteroatoms. The molecule has 3 nitrogen and oxygen atoms in total. The van der Waals surface area contributed by atoms with Crippen molar-refractivity contribution >= 4 is 16.6 Å². The Morgan fingerprint density at radius 1 is 1.12 bits per heavy atom. The van der Waals surface area contributed by atoms with Crippen LogP contribution in [0.25, 0.3) is 22.2 Å². The SMILES string of the molecule is Cn1c(-c2cncc(N)c2)cc2ccccc21. The maximum Gasteiger partial charge on any atom is 0.0507 e. The second-order valence-electron chi connectivity index (χ2n) is 4.15. The molecular formula is C14H13N3. The molecule has 2 aromatic heterocycles. The minimum Gasteiger partial charge on any atom is -0.397 e. The maximum atomic E-state index is 5.77. The Morgan fingerprint density at radius 2 is 1.94 bits per heavy atom. The number of para-hydroxylation sites is 1. The Morgan fingerprint density at radius 3 is 2.71 bits per heavy atom. The van der Waals surface area contributed by atoms with Crippen LogP contribution in [0.3, 0.4) is 0 Å². The molecule has 3 aromatic rings. The highest BCUT2D eigenvalue weighted by atomic mass is 14.9. The number of fused-ring (bicyclic) bond motifs is 1. The van der Waals surface area contributed by atoms with Crippen LogP contribution in [0.1, 0.15) is 0 Å².